The van der Waals surface area contributed by atoms with Gasteiger partial charge in [0.1, 0.15) is 0 Å². The minimum atomic E-state index is 0.616. The predicted molar refractivity (Wildman–Crippen MR) is 88.0 cm³/mol. The van der Waals surface area contributed by atoms with Crippen molar-refractivity contribution in [1.82, 2.24) is 0 Å². The molecule has 1 aliphatic carbocycles. The maximum atomic E-state index is 6.03. The van der Waals surface area contributed by atoms with Gasteiger partial charge in [0.25, 0.3) is 0 Å². The summed E-state index contributed by atoms with van der Waals surface area (Å²) in [5.74, 6) is 1.70. The SMILES string of the molecule is CC(C)CC1CCCC(Nc2ccc(Cl)c(Br)c2)C1. The summed E-state index contributed by atoms with van der Waals surface area (Å²) in [7, 11) is 0. The van der Waals surface area contributed by atoms with Crippen molar-refractivity contribution in [3.05, 3.63) is 27.7 Å². The van der Waals surface area contributed by atoms with E-state index in [1.54, 1.807) is 0 Å². The third-order valence-corrected chi connectivity index (χ3v) is 5.09. The van der Waals surface area contributed by atoms with Crippen molar-refractivity contribution in [1.29, 1.82) is 0 Å². The van der Waals surface area contributed by atoms with Gasteiger partial charge < -0.3 is 5.32 Å². The van der Waals surface area contributed by atoms with Crippen molar-refractivity contribution in [3.8, 4) is 0 Å². The Kier molecular flexibility index (Phi) is 5.58. The van der Waals surface area contributed by atoms with E-state index in [0.29, 0.717) is 6.04 Å². The Morgan fingerprint density at radius 2 is 2.16 bits per heavy atom. The molecule has 2 rings (SSSR count). The molecular weight excluding hydrogens is 322 g/mol. The van der Waals surface area contributed by atoms with Crippen LogP contribution in [0.1, 0.15) is 46.0 Å². The van der Waals surface area contributed by atoms with E-state index in [0.717, 1.165) is 21.3 Å². The quantitative estimate of drug-likeness (QED) is 0.694. The molecule has 0 aromatic heterocycles. The summed E-state index contributed by atoms with van der Waals surface area (Å²) in [5, 5.41) is 4.43. The fourth-order valence-electron chi connectivity index (χ4n) is 3.12. The smallest absolute Gasteiger partial charge is 0.0549 e. The summed E-state index contributed by atoms with van der Waals surface area (Å²) in [5.41, 5.74) is 1.17. The molecule has 0 saturated heterocycles. The fourth-order valence-corrected chi connectivity index (χ4v) is 3.62. The van der Waals surface area contributed by atoms with Crippen molar-refractivity contribution >= 4 is 33.2 Å². The van der Waals surface area contributed by atoms with Crippen LogP contribution in [0.2, 0.25) is 5.02 Å². The zero-order chi connectivity index (χ0) is 13.8. The molecule has 1 nitrogen and oxygen atoms in total. The lowest BCUT2D eigenvalue weighted by Crippen LogP contribution is -2.27. The van der Waals surface area contributed by atoms with Crippen LogP contribution in [0.4, 0.5) is 5.69 Å². The molecule has 1 saturated carbocycles. The van der Waals surface area contributed by atoms with Gasteiger partial charge in [-0.25, -0.2) is 0 Å². The molecule has 0 heterocycles. The molecule has 1 aromatic carbocycles. The van der Waals surface area contributed by atoms with E-state index < -0.39 is 0 Å². The van der Waals surface area contributed by atoms with Crippen molar-refractivity contribution in [3.63, 3.8) is 0 Å². The van der Waals surface area contributed by atoms with Crippen LogP contribution in [-0.4, -0.2) is 6.04 Å². The molecule has 0 aliphatic heterocycles. The minimum absolute atomic E-state index is 0.616. The molecule has 106 valence electrons. The second-order valence-corrected chi connectivity index (χ2v) is 7.39. The van der Waals surface area contributed by atoms with Gasteiger partial charge in [0, 0.05) is 16.2 Å². The monoisotopic (exact) mass is 343 g/mol. The van der Waals surface area contributed by atoms with Gasteiger partial charge in [0.15, 0.2) is 0 Å². The van der Waals surface area contributed by atoms with Crippen LogP contribution in [0.5, 0.6) is 0 Å². The molecule has 19 heavy (non-hydrogen) atoms. The molecule has 1 aliphatic rings. The average molecular weight is 345 g/mol. The standard InChI is InChI=1S/C16H23BrClN/c1-11(2)8-12-4-3-5-13(9-12)19-14-6-7-16(18)15(17)10-14/h6-7,10-13,19H,3-5,8-9H2,1-2H3. The maximum absolute atomic E-state index is 6.03. The zero-order valence-electron chi connectivity index (χ0n) is 11.8. The number of nitrogens with one attached hydrogen (secondary N) is 1. The Morgan fingerprint density at radius 3 is 2.84 bits per heavy atom. The van der Waals surface area contributed by atoms with Crippen LogP contribution in [0.25, 0.3) is 0 Å². The number of rotatable bonds is 4. The number of hydrogen-bond donors (Lipinski definition) is 1. The van der Waals surface area contributed by atoms with E-state index in [9.17, 15) is 0 Å². The molecule has 1 N–H and O–H groups in total. The molecule has 2 unspecified atom stereocenters. The van der Waals surface area contributed by atoms with E-state index in [2.05, 4.69) is 47.2 Å². The van der Waals surface area contributed by atoms with Gasteiger partial charge in [-0.1, -0.05) is 38.3 Å². The maximum Gasteiger partial charge on any atom is 0.0549 e. The highest BCUT2D eigenvalue weighted by Gasteiger charge is 2.22. The predicted octanol–water partition coefficient (Wildman–Crippen LogP) is 6.12. The first-order chi connectivity index (χ1) is 9.04. The summed E-state index contributed by atoms with van der Waals surface area (Å²) < 4.78 is 0.966. The first-order valence-electron chi connectivity index (χ1n) is 7.26. The molecule has 2 atom stereocenters. The van der Waals surface area contributed by atoms with E-state index in [1.807, 2.05) is 6.07 Å². The minimum Gasteiger partial charge on any atom is -0.382 e. The summed E-state index contributed by atoms with van der Waals surface area (Å²) in [6.45, 7) is 4.65. The topological polar surface area (TPSA) is 12.0 Å². The molecule has 1 fully saturated rings. The highest BCUT2D eigenvalue weighted by molar-refractivity contribution is 9.10. The summed E-state index contributed by atoms with van der Waals surface area (Å²) >= 11 is 9.51. The third kappa shape index (κ3) is 4.68. The molecule has 1 aromatic rings. The highest BCUT2D eigenvalue weighted by Crippen LogP contribution is 2.32. The van der Waals surface area contributed by atoms with E-state index in [4.69, 9.17) is 11.6 Å². The van der Waals surface area contributed by atoms with Gasteiger partial charge in [0.05, 0.1) is 5.02 Å². The third-order valence-electron chi connectivity index (χ3n) is 3.88. The number of hydrogen-bond acceptors (Lipinski definition) is 1. The van der Waals surface area contributed by atoms with E-state index in [-0.39, 0.29) is 0 Å². The number of benzene rings is 1. The normalized spacial score (nSPS) is 23.6. The van der Waals surface area contributed by atoms with Gasteiger partial charge in [-0.15, -0.1) is 0 Å². The lowest BCUT2D eigenvalue weighted by atomic mass is 9.81. The van der Waals surface area contributed by atoms with E-state index in [1.165, 1.54) is 37.8 Å². The summed E-state index contributed by atoms with van der Waals surface area (Å²) in [6.07, 6.45) is 6.71. The molecule has 0 amide bonds. The zero-order valence-corrected chi connectivity index (χ0v) is 14.1. The molecule has 0 spiro atoms. The Balaban J connectivity index is 1.92. The highest BCUT2D eigenvalue weighted by atomic mass is 79.9. The largest absolute Gasteiger partial charge is 0.382 e. The van der Waals surface area contributed by atoms with Crippen molar-refractivity contribution in [2.75, 3.05) is 5.32 Å². The van der Waals surface area contributed by atoms with Gasteiger partial charge in [-0.05, 0) is 65.2 Å². The molecule has 0 radical (unpaired) electrons. The number of anilines is 1. The molecular formula is C16H23BrClN. The second kappa shape index (κ2) is 6.99. The van der Waals surface area contributed by atoms with Crippen LogP contribution < -0.4 is 5.32 Å². The van der Waals surface area contributed by atoms with Crippen LogP contribution in [0, 0.1) is 11.8 Å². The lowest BCUT2D eigenvalue weighted by Gasteiger charge is -2.31. The van der Waals surface area contributed by atoms with Crippen molar-refractivity contribution in [2.24, 2.45) is 11.8 Å². The van der Waals surface area contributed by atoms with Gasteiger partial charge in [-0.3, -0.25) is 0 Å². The first-order valence-corrected chi connectivity index (χ1v) is 8.43. The lowest BCUT2D eigenvalue weighted by molar-refractivity contribution is 0.289. The summed E-state index contributed by atoms with van der Waals surface area (Å²) in [6, 6.07) is 6.71. The van der Waals surface area contributed by atoms with Gasteiger partial charge >= 0.3 is 0 Å². The van der Waals surface area contributed by atoms with Crippen LogP contribution in [-0.2, 0) is 0 Å². The summed E-state index contributed by atoms with van der Waals surface area (Å²) in [4.78, 5) is 0. The Hall–Kier alpha value is -0.210. The number of halogens is 2. The van der Waals surface area contributed by atoms with Gasteiger partial charge in [-0.2, -0.15) is 0 Å². The fraction of sp³-hybridized carbons (Fsp3) is 0.625. The average Bonchev–Trinajstić information content (AvgIpc) is 2.33. The first kappa shape index (κ1) is 15.2. The van der Waals surface area contributed by atoms with Crippen LogP contribution >= 0.6 is 27.5 Å². The Morgan fingerprint density at radius 1 is 1.37 bits per heavy atom. The van der Waals surface area contributed by atoms with Gasteiger partial charge in [0.2, 0.25) is 0 Å². The molecule has 3 heteroatoms. The van der Waals surface area contributed by atoms with Crippen LogP contribution in [0.15, 0.2) is 22.7 Å². The second-order valence-electron chi connectivity index (χ2n) is 6.13. The van der Waals surface area contributed by atoms with Crippen LogP contribution in [0.3, 0.4) is 0 Å². The van der Waals surface area contributed by atoms with Crippen molar-refractivity contribution < 1.29 is 0 Å². The Bertz CT molecular complexity index is 419. The van der Waals surface area contributed by atoms with Crippen molar-refractivity contribution in [2.45, 2.75) is 52.0 Å². The molecule has 0 bridgehead atoms. The Labute approximate surface area is 130 Å². The van der Waals surface area contributed by atoms with E-state index >= 15 is 0 Å².